The number of halogens is 1. The lowest BCUT2D eigenvalue weighted by atomic mass is 10.1. The van der Waals surface area contributed by atoms with Gasteiger partial charge in [-0.3, -0.25) is 14.5 Å². The number of carbonyl (C=O) groups is 2. The lowest BCUT2D eigenvalue weighted by Crippen LogP contribution is -2.32. The van der Waals surface area contributed by atoms with Crippen LogP contribution in [0.25, 0.3) is 10.9 Å². The molecule has 0 saturated heterocycles. The summed E-state index contributed by atoms with van der Waals surface area (Å²) in [6, 6.07) is 15.2. The Morgan fingerprint density at radius 3 is 2.35 bits per heavy atom. The van der Waals surface area contributed by atoms with E-state index in [-0.39, 0.29) is 18.4 Å². The number of thioether (sulfide) groups is 1. The van der Waals surface area contributed by atoms with E-state index >= 15 is 0 Å². The quantitative estimate of drug-likeness (QED) is 0.367. The largest absolute Gasteiger partial charge is 0.326 e. The molecule has 0 unspecified atom stereocenters. The molecule has 2 aromatic carbocycles. The van der Waals surface area contributed by atoms with E-state index in [1.807, 2.05) is 36.3 Å². The van der Waals surface area contributed by atoms with E-state index in [0.29, 0.717) is 29.6 Å². The molecule has 0 atom stereocenters. The van der Waals surface area contributed by atoms with Gasteiger partial charge in [-0.2, -0.15) is 0 Å². The Balaban J connectivity index is 1.65. The molecular weight excluding hydrogens is 432 g/mol. The van der Waals surface area contributed by atoms with Crippen molar-refractivity contribution in [2.75, 3.05) is 30.0 Å². The Hall–Kier alpha value is -2.61. The number of aromatic nitrogens is 1. The molecule has 1 aromatic heterocycles. The predicted octanol–water partition coefficient (Wildman–Crippen LogP) is 5.03. The van der Waals surface area contributed by atoms with Crippen LogP contribution in [0.2, 0.25) is 5.15 Å². The van der Waals surface area contributed by atoms with Crippen LogP contribution in [0.1, 0.15) is 19.4 Å². The summed E-state index contributed by atoms with van der Waals surface area (Å²) >= 11 is 8.11. The number of hydrogen-bond acceptors (Lipinski definition) is 5. The van der Waals surface area contributed by atoms with Gasteiger partial charge in [-0.05, 0) is 55.3 Å². The van der Waals surface area contributed by atoms with Gasteiger partial charge in [0.2, 0.25) is 11.8 Å². The first kappa shape index (κ1) is 23.1. The second-order valence-corrected chi connectivity index (χ2v) is 8.34. The van der Waals surface area contributed by atoms with Crippen LogP contribution in [-0.4, -0.2) is 41.0 Å². The Labute approximate surface area is 191 Å². The molecule has 0 fully saturated rings. The Morgan fingerprint density at radius 2 is 1.74 bits per heavy atom. The number of rotatable bonds is 8. The highest BCUT2D eigenvalue weighted by Gasteiger charge is 2.14. The Kier molecular flexibility index (Phi) is 7.90. The summed E-state index contributed by atoms with van der Waals surface area (Å²) < 4.78 is 0. The first-order valence-electron chi connectivity index (χ1n) is 9.91. The van der Waals surface area contributed by atoms with Crippen molar-refractivity contribution in [3.05, 3.63) is 59.2 Å². The van der Waals surface area contributed by atoms with E-state index in [0.717, 1.165) is 21.4 Å². The standard InChI is InChI=1S/C23H25ClN4O2S/c1-4-28(14-22(30)26-19-8-6-18(7-9-19)25-15(2)29)13-17-11-16-5-10-20(31-3)12-21(16)27-23(17)24/h5-12H,4,13-14H2,1-3H3,(H,25,29)(H,26,30). The molecule has 6 nitrogen and oxygen atoms in total. The van der Waals surface area contributed by atoms with Crippen LogP contribution < -0.4 is 10.6 Å². The number of hydrogen-bond donors (Lipinski definition) is 2. The number of likely N-dealkylation sites (N-methyl/N-ethyl adjacent to an activating group) is 1. The van der Waals surface area contributed by atoms with Crippen LogP contribution in [0, 0.1) is 0 Å². The first-order valence-corrected chi connectivity index (χ1v) is 11.5. The van der Waals surface area contributed by atoms with Crippen molar-refractivity contribution in [3.63, 3.8) is 0 Å². The van der Waals surface area contributed by atoms with Gasteiger partial charge in [0.25, 0.3) is 0 Å². The van der Waals surface area contributed by atoms with Gasteiger partial charge in [-0.25, -0.2) is 4.98 Å². The van der Waals surface area contributed by atoms with Crippen LogP contribution in [0.3, 0.4) is 0 Å². The van der Waals surface area contributed by atoms with Crippen LogP contribution in [-0.2, 0) is 16.1 Å². The molecule has 2 N–H and O–H groups in total. The predicted molar refractivity (Wildman–Crippen MR) is 129 cm³/mol. The number of fused-ring (bicyclic) bond motifs is 1. The van der Waals surface area contributed by atoms with Gasteiger partial charge in [0, 0.05) is 40.7 Å². The van der Waals surface area contributed by atoms with Gasteiger partial charge in [0.1, 0.15) is 5.15 Å². The fourth-order valence-electron chi connectivity index (χ4n) is 3.17. The summed E-state index contributed by atoms with van der Waals surface area (Å²) in [5, 5.41) is 7.07. The molecule has 3 rings (SSSR count). The summed E-state index contributed by atoms with van der Waals surface area (Å²) in [4.78, 5) is 31.3. The second-order valence-electron chi connectivity index (χ2n) is 7.11. The summed E-state index contributed by atoms with van der Waals surface area (Å²) in [6.45, 7) is 4.90. The zero-order valence-corrected chi connectivity index (χ0v) is 19.3. The maximum Gasteiger partial charge on any atom is 0.238 e. The summed E-state index contributed by atoms with van der Waals surface area (Å²) in [5.74, 6) is -0.259. The third-order valence-electron chi connectivity index (χ3n) is 4.75. The molecule has 0 aliphatic heterocycles. The summed E-state index contributed by atoms with van der Waals surface area (Å²) in [7, 11) is 0. The van der Waals surface area contributed by atoms with Gasteiger partial charge in [-0.1, -0.05) is 24.6 Å². The molecule has 2 amide bonds. The highest BCUT2D eigenvalue weighted by Crippen LogP contribution is 2.25. The van der Waals surface area contributed by atoms with Gasteiger partial charge >= 0.3 is 0 Å². The van der Waals surface area contributed by atoms with Crippen molar-refractivity contribution in [1.82, 2.24) is 9.88 Å². The summed E-state index contributed by atoms with van der Waals surface area (Å²) in [5.41, 5.74) is 3.11. The molecule has 0 spiro atoms. The van der Waals surface area contributed by atoms with E-state index < -0.39 is 0 Å². The number of pyridine rings is 1. The zero-order chi connectivity index (χ0) is 22.4. The number of nitrogens with one attached hydrogen (secondary N) is 2. The van der Waals surface area contributed by atoms with Crippen molar-refractivity contribution >= 4 is 57.5 Å². The normalized spacial score (nSPS) is 11.0. The third kappa shape index (κ3) is 6.43. The minimum atomic E-state index is -0.137. The summed E-state index contributed by atoms with van der Waals surface area (Å²) in [6.07, 6.45) is 2.03. The highest BCUT2D eigenvalue weighted by atomic mass is 35.5. The van der Waals surface area contributed by atoms with Crippen LogP contribution in [0.5, 0.6) is 0 Å². The molecule has 31 heavy (non-hydrogen) atoms. The van der Waals surface area contributed by atoms with E-state index in [4.69, 9.17) is 11.6 Å². The van der Waals surface area contributed by atoms with Crippen molar-refractivity contribution in [3.8, 4) is 0 Å². The molecule has 0 saturated carbocycles. The average Bonchev–Trinajstić information content (AvgIpc) is 2.74. The second kappa shape index (κ2) is 10.6. The Bertz CT molecular complexity index is 1090. The smallest absolute Gasteiger partial charge is 0.238 e. The topological polar surface area (TPSA) is 74.3 Å². The zero-order valence-electron chi connectivity index (χ0n) is 17.7. The number of anilines is 2. The molecule has 0 bridgehead atoms. The molecule has 0 aliphatic rings. The molecule has 0 aliphatic carbocycles. The SMILES string of the molecule is CCN(CC(=O)Nc1ccc(NC(C)=O)cc1)Cc1cc2ccc(SC)cc2nc1Cl. The molecular formula is C23H25ClN4O2S. The number of nitrogens with zero attached hydrogens (tertiary/aromatic N) is 2. The van der Waals surface area contributed by atoms with Crippen molar-refractivity contribution in [2.45, 2.75) is 25.3 Å². The maximum atomic E-state index is 12.5. The van der Waals surface area contributed by atoms with Gasteiger partial charge in [-0.15, -0.1) is 11.8 Å². The minimum absolute atomic E-state index is 0.122. The van der Waals surface area contributed by atoms with Crippen molar-refractivity contribution in [1.29, 1.82) is 0 Å². The van der Waals surface area contributed by atoms with Crippen molar-refractivity contribution in [2.24, 2.45) is 0 Å². The average molecular weight is 457 g/mol. The minimum Gasteiger partial charge on any atom is -0.326 e. The number of amides is 2. The van der Waals surface area contributed by atoms with E-state index in [2.05, 4.69) is 21.7 Å². The molecule has 8 heteroatoms. The van der Waals surface area contributed by atoms with Crippen molar-refractivity contribution < 1.29 is 9.59 Å². The molecule has 1 heterocycles. The van der Waals surface area contributed by atoms with Crippen LogP contribution >= 0.6 is 23.4 Å². The molecule has 0 radical (unpaired) electrons. The Morgan fingerprint density at radius 1 is 1.06 bits per heavy atom. The van der Waals surface area contributed by atoms with E-state index in [1.165, 1.54) is 6.92 Å². The van der Waals surface area contributed by atoms with Gasteiger partial charge in [0.15, 0.2) is 0 Å². The lowest BCUT2D eigenvalue weighted by molar-refractivity contribution is -0.117. The van der Waals surface area contributed by atoms with E-state index in [1.54, 1.807) is 36.0 Å². The third-order valence-corrected chi connectivity index (χ3v) is 5.80. The molecule has 3 aromatic rings. The first-order chi connectivity index (χ1) is 14.9. The van der Waals surface area contributed by atoms with Gasteiger partial charge in [0.05, 0.1) is 12.1 Å². The maximum absolute atomic E-state index is 12.5. The molecule has 162 valence electrons. The van der Waals surface area contributed by atoms with Crippen LogP contribution in [0.15, 0.2) is 53.4 Å². The van der Waals surface area contributed by atoms with Gasteiger partial charge < -0.3 is 10.6 Å². The monoisotopic (exact) mass is 456 g/mol. The van der Waals surface area contributed by atoms with E-state index in [9.17, 15) is 9.59 Å². The fraction of sp³-hybridized carbons (Fsp3) is 0.261. The number of benzene rings is 2. The lowest BCUT2D eigenvalue weighted by Gasteiger charge is -2.20. The fourth-order valence-corrected chi connectivity index (χ4v) is 3.81. The van der Waals surface area contributed by atoms with Crippen LogP contribution in [0.4, 0.5) is 11.4 Å². The highest BCUT2D eigenvalue weighted by molar-refractivity contribution is 7.98. The number of carbonyl (C=O) groups excluding carboxylic acids is 2.